The van der Waals surface area contributed by atoms with E-state index in [2.05, 4.69) is 30.0 Å². The van der Waals surface area contributed by atoms with Gasteiger partial charge in [0.2, 0.25) is 0 Å². The fraction of sp³-hybridized carbons (Fsp3) is 0.250. The first-order valence-corrected chi connectivity index (χ1v) is 10.9. The van der Waals surface area contributed by atoms with Gasteiger partial charge in [-0.05, 0) is 41.5 Å². The number of amides is 1. The molecule has 1 saturated heterocycles. The Balaban J connectivity index is 1.35. The molecule has 152 valence electrons. The van der Waals surface area contributed by atoms with E-state index in [1.807, 2.05) is 41.3 Å². The van der Waals surface area contributed by atoms with Gasteiger partial charge in [0, 0.05) is 26.2 Å². The highest BCUT2D eigenvalue weighted by molar-refractivity contribution is 7.22. The Morgan fingerprint density at radius 2 is 1.73 bits per heavy atom. The van der Waals surface area contributed by atoms with Crippen molar-refractivity contribution in [3.8, 4) is 5.75 Å². The Hall–Kier alpha value is -3.12. The molecule has 3 aromatic carbocycles. The number of rotatable bonds is 3. The molecule has 1 fully saturated rings. The molecule has 0 saturated carbocycles. The second-order valence-electron chi connectivity index (χ2n) is 7.60. The van der Waals surface area contributed by atoms with E-state index in [1.54, 1.807) is 18.4 Å². The van der Waals surface area contributed by atoms with Gasteiger partial charge in [-0.2, -0.15) is 0 Å². The van der Waals surface area contributed by atoms with E-state index in [4.69, 9.17) is 9.72 Å². The van der Waals surface area contributed by atoms with Crippen LogP contribution >= 0.6 is 11.3 Å². The highest BCUT2D eigenvalue weighted by atomic mass is 32.1. The van der Waals surface area contributed by atoms with Crippen LogP contribution < -0.4 is 9.64 Å². The van der Waals surface area contributed by atoms with Crippen LogP contribution in [0.15, 0.2) is 54.6 Å². The molecule has 5 nitrogen and oxygen atoms in total. The van der Waals surface area contributed by atoms with E-state index in [-0.39, 0.29) is 5.91 Å². The molecule has 1 amide bonds. The number of hydrogen-bond acceptors (Lipinski definition) is 5. The number of aromatic nitrogens is 1. The predicted octanol–water partition coefficient (Wildman–Crippen LogP) is 4.73. The maximum absolute atomic E-state index is 13.3. The van der Waals surface area contributed by atoms with Crippen molar-refractivity contribution >= 4 is 43.4 Å². The lowest BCUT2D eigenvalue weighted by Gasteiger charge is -2.34. The number of para-hydroxylation sites is 1. The zero-order valence-corrected chi connectivity index (χ0v) is 17.9. The summed E-state index contributed by atoms with van der Waals surface area (Å²) >= 11 is 1.72. The van der Waals surface area contributed by atoms with Gasteiger partial charge in [-0.3, -0.25) is 4.79 Å². The molecule has 2 heterocycles. The van der Waals surface area contributed by atoms with Gasteiger partial charge in [0.15, 0.2) is 5.13 Å². The van der Waals surface area contributed by atoms with E-state index in [1.165, 1.54) is 10.3 Å². The summed E-state index contributed by atoms with van der Waals surface area (Å²) in [6, 6.07) is 18.2. The maximum Gasteiger partial charge on any atom is 0.257 e. The van der Waals surface area contributed by atoms with Crippen molar-refractivity contribution in [2.75, 3.05) is 38.2 Å². The Morgan fingerprint density at radius 3 is 2.43 bits per heavy atom. The van der Waals surface area contributed by atoms with E-state index in [0.29, 0.717) is 24.4 Å². The maximum atomic E-state index is 13.3. The summed E-state index contributed by atoms with van der Waals surface area (Å²) in [4.78, 5) is 22.3. The Labute approximate surface area is 179 Å². The minimum atomic E-state index is 0.0254. The third kappa shape index (κ3) is 3.27. The van der Waals surface area contributed by atoms with Crippen molar-refractivity contribution in [1.29, 1.82) is 0 Å². The second kappa shape index (κ2) is 7.61. The van der Waals surface area contributed by atoms with Crippen molar-refractivity contribution in [3.05, 3.63) is 65.7 Å². The highest BCUT2D eigenvalue weighted by Crippen LogP contribution is 2.32. The summed E-state index contributed by atoms with van der Waals surface area (Å²) in [6.07, 6.45) is 0. The molecule has 1 aromatic heterocycles. The number of piperazine rings is 1. The zero-order chi connectivity index (χ0) is 20.7. The van der Waals surface area contributed by atoms with Crippen molar-refractivity contribution in [3.63, 3.8) is 0 Å². The monoisotopic (exact) mass is 417 g/mol. The number of aryl methyl sites for hydroxylation is 1. The average molecular weight is 418 g/mol. The Morgan fingerprint density at radius 1 is 1.00 bits per heavy atom. The molecule has 5 rings (SSSR count). The second-order valence-corrected chi connectivity index (χ2v) is 8.61. The van der Waals surface area contributed by atoms with Crippen LogP contribution in [0.2, 0.25) is 0 Å². The zero-order valence-electron chi connectivity index (χ0n) is 17.1. The predicted molar refractivity (Wildman–Crippen MR) is 123 cm³/mol. The first-order chi connectivity index (χ1) is 14.6. The van der Waals surface area contributed by atoms with E-state index in [0.717, 1.165) is 34.5 Å². The molecule has 0 spiro atoms. The van der Waals surface area contributed by atoms with Gasteiger partial charge in [0.05, 0.1) is 22.9 Å². The van der Waals surface area contributed by atoms with E-state index in [9.17, 15) is 4.79 Å². The lowest BCUT2D eigenvalue weighted by Crippen LogP contribution is -2.48. The van der Waals surface area contributed by atoms with Crippen LogP contribution in [0.5, 0.6) is 5.75 Å². The summed E-state index contributed by atoms with van der Waals surface area (Å²) in [6.45, 7) is 4.99. The van der Waals surface area contributed by atoms with Gasteiger partial charge in [-0.15, -0.1) is 0 Å². The number of benzene rings is 3. The van der Waals surface area contributed by atoms with Crippen molar-refractivity contribution in [2.24, 2.45) is 0 Å². The highest BCUT2D eigenvalue weighted by Gasteiger charge is 2.26. The van der Waals surface area contributed by atoms with Gasteiger partial charge < -0.3 is 14.5 Å². The number of fused-ring (bicyclic) bond motifs is 2. The van der Waals surface area contributed by atoms with Crippen molar-refractivity contribution in [2.45, 2.75) is 6.92 Å². The largest absolute Gasteiger partial charge is 0.496 e. The fourth-order valence-corrected chi connectivity index (χ4v) is 5.13. The molecule has 1 aliphatic rings. The summed E-state index contributed by atoms with van der Waals surface area (Å²) in [5, 5.41) is 3.15. The summed E-state index contributed by atoms with van der Waals surface area (Å²) in [5.74, 6) is 0.653. The molecule has 0 unspecified atom stereocenters. The molecule has 6 heteroatoms. The molecule has 1 aliphatic heterocycles. The van der Waals surface area contributed by atoms with E-state index < -0.39 is 0 Å². The third-order valence-corrected chi connectivity index (χ3v) is 6.83. The molecular formula is C24H23N3O2S. The smallest absolute Gasteiger partial charge is 0.257 e. The molecule has 0 radical (unpaired) electrons. The Bertz CT molecular complexity index is 1240. The minimum Gasteiger partial charge on any atom is -0.496 e. The number of methoxy groups -OCH3 is 1. The van der Waals surface area contributed by atoms with Crippen LogP contribution in [0, 0.1) is 6.92 Å². The molecule has 0 atom stereocenters. The quantitative estimate of drug-likeness (QED) is 0.484. The lowest BCUT2D eigenvalue weighted by atomic mass is 10.0. The molecule has 0 bridgehead atoms. The van der Waals surface area contributed by atoms with Gasteiger partial charge in [0.1, 0.15) is 5.75 Å². The first-order valence-electron chi connectivity index (χ1n) is 10.1. The van der Waals surface area contributed by atoms with Crippen LogP contribution in [0.3, 0.4) is 0 Å². The summed E-state index contributed by atoms with van der Waals surface area (Å²) < 4.78 is 6.75. The first kappa shape index (κ1) is 18.9. The van der Waals surface area contributed by atoms with Crippen LogP contribution in [0.4, 0.5) is 5.13 Å². The van der Waals surface area contributed by atoms with Crippen LogP contribution in [-0.2, 0) is 0 Å². The SMILES string of the molecule is COc1cc2ccccc2cc1C(=O)N1CCN(c2nc3c(C)cccc3s2)CC1. The topological polar surface area (TPSA) is 45.7 Å². The van der Waals surface area contributed by atoms with Crippen LogP contribution in [0.1, 0.15) is 15.9 Å². The summed E-state index contributed by atoms with van der Waals surface area (Å²) in [7, 11) is 1.62. The van der Waals surface area contributed by atoms with Gasteiger partial charge >= 0.3 is 0 Å². The third-order valence-electron chi connectivity index (χ3n) is 5.75. The standard InChI is InChI=1S/C24H23N3O2S/c1-16-6-5-9-21-22(16)25-24(30-21)27-12-10-26(11-13-27)23(28)19-14-17-7-3-4-8-18(17)15-20(19)29-2/h3-9,14-15H,10-13H2,1-2H3. The number of anilines is 1. The number of hydrogen-bond donors (Lipinski definition) is 0. The number of carbonyl (C=O) groups excluding carboxylic acids is 1. The molecule has 0 aliphatic carbocycles. The lowest BCUT2D eigenvalue weighted by molar-refractivity contribution is 0.0743. The van der Waals surface area contributed by atoms with Crippen LogP contribution in [-0.4, -0.2) is 49.1 Å². The number of nitrogens with zero attached hydrogens (tertiary/aromatic N) is 3. The molecule has 30 heavy (non-hydrogen) atoms. The minimum absolute atomic E-state index is 0.0254. The van der Waals surface area contributed by atoms with Crippen LogP contribution in [0.25, 0.3) is 21.0 Å². The van der Waals surface area contributed by atoms with Gasteiger partial charge in [-0.25, -0.2) is 4.98 Å². The van der Waals surface area contributed by atoms with E-state index >= 15 is 0 Å². The fourth-order valence-electron chi connectivity index (χ4n) is 4.04. The molecule has 4 aromatic rings. The number of ether oxygens (including phenoxy) is 1. The Kier molecular flexibility index (Phi) is 4.79. The number of thiazole rings is 1. The van der Waals surface area contributed by atoms with Crippen molar-refractivity contribution in [1.82, 2.24) is 9.88 Å². The summed E-state index contributed by atoms with van der Waals surface area (Å²) in [5.41, 5.74) is 2.91. The normalized spacial score (nSPS) is 14.5. The molecule has 0 N–H and O–H groups in total. The van der Waals surface area contributed by atoms with Gasteiger partial charge in [0.25, 0.3) is 5.91 Å². The average Bonchev–Trinajstić information content (AvgIpc) is 3.23. The number of carbonyl (C=O) groups is 1. The van der Waals surface area contributed by atoms with Crippen molar-refractivity contribution < 1.29 is 9.53 Å². The molecular weight excluding hydrogens is 394 g/mol. The van der Waals surface area contributed by atoms with Gasteiger partial charge in [-0.1, -0.05) is 47.7 Å².